The average Bonchev–Trinajstić information content (AvgIpc) is 3.06. The van der Waals surface area contributed by atoms with Gasteiger partial charge in [0.15, 0.2) is 0 Å². The summed E-state index contributed by atoms with van der Waals surface area (Å²) in [4.78, 5) is 6.92. The molecule has 3 heterocycles. The lowest BCUT2D eigenvalue weighted by Crippen LogP contribution is -2.33. The molecule has 108 valence electrons. The van der Waals surface area contributed by atoms with Gasteiger partial charge < -0.3 is 0 Å². The summed E-state index contributed by atoms with van der Waals surface area (Å²) in [5.74, 6) is 1.87. The van der Waals surface area contributed by atoms with Crippen molar-refractivity contribution in [2.24, 2.45) is 7.05 Å². The van der Waals surface area contributed by atoms with Crippen LogP contribution in [0.1, 0.15) is 30.2 Å². The van der Waals surface area contributed by atoms with E-state index in [0.29, 0.717) is 6.04 Å². The second-order valence-corrected chi connectivity index (χ2v) is 5.60. The van der Waals surface area contributed by atoms with Gasteiger partial charge in [0.2, 0.25) is 0 Å². The number of hydrogen-bond acceptors (Lipinski definition) is 4. The molecule has 20 heavy (non-hydrogen) atoms. The highest BCUT2D eigenvalue weighted by Gasteiger charge is 2.26. The molecule has 3 rings (SSSR count). The zero-order valence-electron chi connectivity index (χ0n) is 12.5. The highest BCUT2D eigenvalue weighted by molar-refractivity contribution is 5.01. The molecule has 1 atom stereocenters. The van der Waals surface area contributed by atoms with Gasteiger partial charge in [-0.25, -0.2) is 9.67 Å². The van der Waals surface area contributed by atoms with Gasteiger partial charge in [-0.05, 0) is 39.3 Å². The summed E-state index contributed by atoms with van der Waals surface area (Å²) >= 11 is 0. The molecular weight excluding hydrogens is 252 g/mol. The van der Waals surface area contributed by atoms with Crippen LogP contribution in [0.2, 0.25) is 0 Å². The maximum atomic E-state index is 4.48. The minimum Gasteiger partial charge on any atom is -0.293 e. The number of likely N-dealkylation sites (tertiary alicyclic amines) is 1. The molecule has 1 aliphatic rings. The van der Waals surface area contributed by atoms with Gasteiger partial charge in [-0.3, -0.25) is 9.58 Å². The molecule has 6 nitrogen and oxygen atoms in total. The lowest BCUT2D eigenvalue weighted by atomic mass is 10.2. The summed E-state index contributed by atoms with van der Waals surface area (Å²) in [6.45, 7) is 7.03. The Morgan fingerprint density at radius 2 is 2.20 bits per heavy atom. The van der Waals surface area contributed by atoms with E-state index in [1.807, 2.05) is 36.5 Å². The molecule has 1 saturated heterocycles. The van der Waals surface area contributed by atoms with Crippen LogP contribution < -0.4 is 0 Å². The highest BCUT2D eigenvalue weighted by atomic mass is 15.4. The monoisotopic (exact) mass is 274 g/mol. The Balaban J connectivity index is 1.69. The first-order chi connectivity index (χ1) is 9.63. The maximum absolute atomic E-state index is 4.48. The summed E-state index contributed by atoms with van der Waals surface area (Å²) in [7, 11) is 2.01. The van der Waals surface area contributed by atoms with Gasteiger partial charge in [0.05, 0.1) is 12.2 Å². The molecule has 0 amide bonds. The van der Waals surface area contributed by atoms with E-state index in [1.165, 1.54) is 18.5 Å². The molecule has 6 heteroatoms. The molecule has 1 unspecified atom stereocenters. The first kappa shape index (κ1) is 13.3. The summed E-state index contributed by atoms with van der Waals surface area (Å²) in [5, 5.41) is 8.73. The molecule has 0 bridgehead atoms. The zero-order chi connectivity index (χ0) is 14.1. The van der Waals surface area contributed by atoms with Crippen LogP contribution >= 0.6 is 0 Å². The number of rotatable bonds is 4. The van der Waals surface area contributed by atoms with Crippen LogP contribution in [-0.4, -0.2) is 42.0 Å². The van der Waals surface area contributed by atoms with Gasteiger partial charge in [0.1, 0.15) is 11.6 Å². The van der Waals surface area contributed by atoms with E-state index < -0.39 is 0 Å². The van der Waals surface area contributed by atoms with Gasteiger partial charge in [-0.1, -0.05) is 0 Å². The summed E-state index contributed by atoms with van der Waals surface area (Å²) < 4.78 is 4.00. The normalized spacial score (nSPS) is 19.9. The molecule has 0 radical (unpaired) electrons. The van der Waals surface area contributed by atoms with E-state index in [0.717, 1.165) is 31.3 Å². The molecule has 2 aromatic rings. The predicted octanol–water partition coefficient (Wildman–Crippen LogP) is 1.29. The van der Waals surface area contributed by atoms with E-state index in [1.54, 1.807) is 0 Å². The molecular formula is C14H22N6. The van der Waals surface area contributed by atoms with Gasteiger partial charge >= 0.3 is 0 Å². The van der Waals surface area contributed by atoms with Crippen molar-refractivity contribution in [2.45, 2.75) is 45.8 Å². The lowest BCUT2D eigenvalue weighted by molar-refractivity contribution is 0.213. The fraction of sp³-hybridized carbons (Fsp3) is 0.643. The van der Waals surface area contributed by atoms with Gasteiger partial charge in [0, 0.05) is 25.8 Å². The van der Waals surface area contributed by atoms with Crippen molar-refractivity contribution in [3.8, 4) is 0 Å². The molecule has 0 aromatic carbocycles. The van der Waals surface area contributed by atoms with Crippen molar-refractivity contribution in [1.29, 1.82) is 0 Å². The van der Waals surface area contributed by atoms with Crippen molar-refractivity contribution in [1.82, 2.24) is 29.4 Å². The Labute approximate surface area is 119 Å². The first-order valence-corrected chi connectivity index (χ1v) is 7.22. The number of aryl methyl sites for hydroxylation is 3. The summed E-state index contributed by atoms with van der Waals surface area (Å²) in [5.41, 5.74) is 1.27. The molecule has 1 fully saturated rings. The van der Waals surface area contributed by atoms with Crippen molar-refractivity contribution in [3.63, 3.8) is 0 Å². The van der Waals surface area contributed by atoms with Crippen LogP contribution in [0.4, 0.5) is 0 Å². The van der Waals surface area contributed by atoms with Crippen molar-refractivity contribution >= 4 is 0 Å². The zero-order valence-corrected chi connectivity index (χ0v) is 12.5. The van der Waals surface area contributed by atoms with Crippen LogP contribution in [0.3, 0.4) is 0 Å². The van der Waals surface area contributed by atoms with Crippen LogP contribution in [0.25, 0.3) is 0 Å². The third-order valence-electron chi connectivity index (χ3n) is 4.13. The van der Waals surface area contributed by atoms with Gasteiger partial charge in [0.25, 0.3) is 0 Å². The van der Waals surface area contributed by atoms with Crippen molar-refractivity contribution in [3.05, 3.63) is 29.6 Å². The number of aromatic nitrogens is 5. The molecule has 1 aliphatic heterocycles. The van der Waals surface area contributed by atoms with Gasteiger partial charge in [-0.15, -0.1) is 0 Å². The standard InChI is InChI=1S/C14H22N6/c1-11-16-12(2)20(17-11)10-14-5-4-8-19(14)9-13-6-7-15-18(13)3/h6-7,14H,4-5,8-10H2,1-3H3. The lowest BCUT2D eigenvalue weighted by Gasteiger charge is -2.24. The highest BCUT2D eigenvalue weighted by Crippen LogP contribution is 2.21. The van der Waals surface area contributed by atoms with Crippen LogP contribution in [0, 0.1) is 13.8 Å². The van der Waals surface area contributed by atoms with E-state index in [-0.39, 0.29) is 0 Å². The Kier molecular flexibility index (Phi) is 3.56. The van der Waals surface area contributed by atoms with Crippen LogP contribution in [0.15, 0.2) is 12.3 Å². The molecule has 0 spiro atoms. The summed E-state index contributed by atoms with van der Waals surface area (Å²) in [6.07, 6.45) is 4.36. The minimum atomic E-state index is 0.546. The topological polar surface area (TPSA) is 51.8 Å². The molecule has 2 aromatic heterocycles. The molecule has 0 N–H and O–H groups in total. The average molecular weight is 274 g/mol. The van der Waals surface area contributed by atoms with Gasteiger partial charge in [-0.2, -0.15) is 10.2 Å². The second kappa shape index (κ2) is 5.36. The molecule has 0 aliphatic carbocycles. The van der Waals surface area contributed by atoms with Crippen LogP contribution in [0.5, 0.6) is 0 Å². The maximum Gasteiger partial charge on any atom is 0.147 e. The number of hydrogen-bond donors (Lipinski definition) is 0. The second-order valence-electron chi connectivity index (χ2n) is 5.60. The Hall–Kier alpha value is -1.69. The van der Waals surface area contributed by atoms with E-state index >= 15 is 0 Å². The van der Waals surface area contributed by atoms with E-state index in [2.05, 4.69) is 26.1 Å². The third-order valence-corrected chi connectivity index (χ3v) is 4.13. The predicted molar refractivity (Wildman–Crippen MR) is 76.1 cm³/mol. The fourth-order valence-corrected chi connectivity index (χ4v) is 3.01. The van der Waals surface area contributed by atoms with Crippen LogP contribution in [-0.2, 0) is 20.1 Å². The first-order valence-electron chi connectivity index (χ1n) is 7.22. The Bertz CT molecular complexity index is 584. The quantitative estimate of drug-likeness (QED) is 0.843. The minimum absolute atomic E-state index is 0.546. The van der Waals surface area contributed by atoms with E-state index in [4.69, 9.17) is 0 Å². The molecule has 0 saturated carbocycles. The Morgan fingerprint density at radius 3 is 2.85 bits per heavy atom. The Morgan fingerprint density at radius 1 is 1.35 bits per heavy atom. The third kappa shape index (κ3) is 2.60. The fourth-order valence-electron chi connectivity index (χ4n) is 3.01. The van der Waals surface area contributed by atoms with Crippen molar-refractivity contribution < 1.29 is 0 Å². The largest absolute Gasteiger partial charge is 0.293 e. The van der Waals surface area contributed by atoms with Crippen molar-refractivity contribution in [2.75, 3.05) is 6.54 Å². The SMILES string of the molecule is Cc1nc(C)n(CC2CCCN2Cc2ccnn2C)n1. The smallest absolute Gasteiger partial charge is 0.147 e. The number of nitrogens with zero attached hydrogens (tertiary/aromatic N) is 6. The summed E-state index contributed by atoms with van der Waals surface area (Å²) in [6, 6.07) is 2.64. The van der Waals surface area contributed by atoms with E-state index in [9.17, 15) is 0 Å².